The summed E-state index contributed by atoms with van der Waals surface area (Å²) in [7, 11) is -0.0149. The predicted molar refractivity (Wildman–Crippen MR) is 62.1 cm³/mol. The summed E-state index contributed by atoms with van der Waals surface area (Å²) >= 11 is 0. The lowest BCUT2D eigenvalue weighted by Gasteiger charge is -2.27. The number of hydrogen-bond donors (Lipinski definition) is 1. The van der Waals surface area contributed by atoms with Gasteiger partial charge in [0.1, 0.15) is 0 Å². The van der Waals surface area contributed by atoms with E-state index in [-0.39, 0.29) is 6.04 Å². The summed E-state index contributed by atoms with van der Waals surface area (Å²) < 4.78 is 12.0. The van der Waals surface area contributed by atoms with Gasteiger partial charge in [-0.25, -0.2) is 0 Å². The molecule has 1 heterocycles. The molecule has 1 aromatic rings. The van der Waals surface area contributed by atoms with Crippen LogP contribution in [0.25, 0.3) is 0 Å². The minimum absolute atomic E-state index is 0.199. The maximum atomic E-state index is 12.0. The van der Waals surface area contributed by atoms with Gasteiger partial charge in [-0.1, -0.05) is 24.3 Å². The minimum Gasteiger partial charge on any atom is -0.312 e. The maximum Gasteiger partial charge on any atom is 0.0431 e. The SMILES string of the molecule is C=S1(=O)Cc2ccccc2[C@H](NC)C1. The van der Waals surface area contributed by atoms with E-state index in [2.05, 4.69) is 17.3 Å². The molecular formula is C11H15NOS. The summed E-state index contributed by atoms with van der Waals surface area (Å²) in [5.74, 6) is 5.09. The second-order valence-electron chi connectivity index (χ2n) is 3.82. The van der Waals surface area contributed by atoms with Crippen molar-refractivity contribution in [1.29, 1.82) is 0 Å². The summed E-state index contributed by atoms with van der Waals surface area (Å²) in [6.45, 7) is 0. The Bertz CT molecular complexity index is 436. The Kier molecular flexibility index (Phi) is 2.37. The van der Waals surface area contributed by atoms with Gasteiger partial charge in [-0.2, -0.15) is 0 Å². The molecule has 1 aromatic carbocycles. The largest absolute Gasteiger partial charge is 0.312 e. The van der Waals surface area contributed by atoms with Crippen LogP contribution in [0.15, 0.2) is 24.3 Å². The van der Waals surface area contributed by atoms with Gasteiger partial charge in [0.15, 0.2) is 0 Å². The highest BCUT2D eigenvalue weighted by molar-refractivity contribution is 7.99. The highest BCUT2D eigenvalue weighted by atomic mass is 32.2. The fourth-order valence-corrected chi connectivity index (χ4v) is 3.88. The van der Waals surface area contributed by atoms with Crippen molar-refractivity contribution in [3.8, 4) is 0 Å². The summed E-state index contributed by atoms with van der Waals surface area (Å²) in [5.41, 5.74) is 2.45. The van der Waals surface area contributed by atoms with E-state index < -0.39 is 9.52 Å². The van der Waals surface area contributed by atoms with Gasteiger partial charge in [-0.3, -0.25) is 4.21 Å². The van der Waals surface area contributed by atoms with E-state index in [0.29, 0.717) is 11.5 Å². The second-order valence-corrected chi connectivity index (χ2v) is 6.37. The highest BCUT2D eigenvalue weighted by Gasteiger charge is 2.24. The van der Waals surface area contributed by atoms with Crippen LogP contribution in [0.1, 0.15) is 17.2 Å². The Morgan fingerprint density at radius 2 is 2.21 bits per heavy atom. The molecule has 2 nitrogen and oxygen atoms in total. The third kappa shape index (κ3) is 1.70. The van der Waals surface area contributed by atoms with Crippen LogP contribution in [0.3, 0.4) is 0 Å². The van der Waals surface area contributed by atoms with Crippen molar-refractivity contribution in [3.05, 3.63) is 35.4 Å². The molecule has 0 aromatic heterocycles. The summed E-state index contributed by atoms with van der Waals surface area (Å²) in [5, 5.41) is 3.20. The smallest absolute Gasteiger partial charge is 0.0431 e. The van der Waals surface area contributed by atoms with Crippen molar-refractivity contribution in [3.63, 3.8) is 0 Å². The molecule has 3 heteroatoms. The minimum atomic E-state index is -1.92. The van der Waals surface area contributed by atoms with Crippen LogP contribution in [-0.4, -0.2) is 22.9 Å². The number of nitrogens with one attached hydrogen (secondary N) is 1. The van der Waals surface area contributed by atoms with E-state index in [1.54, 1.807) is 0 Å². The van der Waals surface area contributed by atoms with Gasteiger partial charge in [0.25, 0.3) is 0 Å². The third-order valence-corrected chi connectivity index (χ3v) is 4.45. The number of hydrogen-bond acceptors (Lipinski definition) is 2. The van der Waals surface area contributed by atoms with Gasteiger partial charge >= 0.3 is 0 Å². The summed E-state index contributed by atoms with van der Waals surface area (Å²) in [6.07, 6.45) is 0. The number of fused-ring (bicyclic) bond motifs is 1. The Hall–Kier alpha value is -0.800. The number of rotatable bonds is 1. The van der Waals surface area contributed by atoms with E-state index >= 15 is 0 Å². The molecule has 1 aliphatic rings. The van der Waals surface area contributed by atoms with Crippen molar-refractivity contribution in [2.45, 2.75) is 11.8 Å². The van der Waals surface area contributed by atoms with Crippen LogP contribution >= 0.6 is 0 Å². The Balaban J connectivity index is 2.51. The van der Waals surface area contributed by atoms with Crippen LogP contribution in [0.5, 0.6) is 0 Å². The lowest BCUT2D eigenvalue weighted by molar-refractivity contribution is 0.620. The Morgan fingerprint density at radius 1 is 1.50 bits per heavy atom. The molecule has 1 aliphatic heterocycles. The van der Waals surface area contributed by atoms with E-state index in [4.69, 9.17) is 0 Å². The molecule has 0 spiro atoms. The van der Waals surface area contributed by atoms with Crippen LogP contribution in [0.2, 0.25) is 0 Å². The molecule has 2 rings (SSSR count). The maximum absolute atomic E-state index is 12.0. The molecule has 0 radical (unpaired) electrons. The first-order chi connectivity index (χ1) is 6.62. The zero-order valence-corrected chi connectivity index (χ0v) is 9.14. The average molecular weight is 209 g/mol. The molecule has 76 valence electrons. The molecule has 1 unspecified atom stereocenters. The summed E-state index contributed by atoms with van der Waals surface area (Å²) in [4.78, 5) is 0. The number of benzene rings is 1. The third-order valence-electron chi connectivity index (χ3n) is 2.67. The second kappa shape index (κ2) is 3.41. The van der Waals surface area contributed by atoms with Gasteiger partial charge in [-0.15, -0.1) is 0 Å². The van der Waals surface area contributed by atoms with E-state index in [9.17, 15) is 4.21 Å². The molecule has 0 fully saturated rings. The van der Waals surface area contributed by atoms with Gasteiger partial charge in [0.05, 0.1) is 0 Å². The van der Waals surface area contributed by atoms with Crippen LogP contribution in [0.4, 0.5) is 0 Å². The van der Waals surface area contributed by atoms with Crippen molar-refractivity contribution < 1.29 is 4.21 Å². The molecule has 0 amide bonds. The Morgan fingerprint density at radius 3 is 2.93 bits per heavy atom. The lowest BCUT2D eigenvalue weighted by atomic mass is 10.0. The van der Waals surface area contributed by atoms with Crippen LogP contribution in [0, 0.1) is 0 Å². The van der Waals surface area contributed by atoms with Crippen LogP contribution in [-0.2, 0) is 15.3 Å². The molecule has 0 bridgehead atoms. The van der Waals surface area contributed by atoms with Gasteiger partial charge in [0, 0.05) is 17.5 Å². The van der Waals surface area contributed by atoms with E-state index in [1.165, 1.54) is 11.1 Å². The van der Waals surface area contributed by atoms with Crippen molar-refractivity contribution >= 4 is 15.4 Å². The average Bonchev–Trinajstić information content (AvgIpc) is 2.15. The molecule has 2 atom stereocenters. The molecule has 0 saturated carbocycles. The topological polar surface area (TPSA) is 29.1 Å². The normalized spacial score (nSPS) is 31.1. The van der Waals surface area contributed by atoms with Crippen molar-refractivity contribution in [2.75, 3.05) is 12.8 Å². The Labute approximate surface area is 85.3 Å². The molecule has 0 saturated heterocycles. The zero-order chi connectivity index (χ0) is 10.2. The van der Waals surface area contributed by atoms with Gasteiger partial charge < -0.3 is 5.32 Å². The molecule has 0 aliphatic carbocycles. The van der Waals surface area contributed by atoms with E-state index in [0.717, 1.165) is 0 Å². The fraction of sp³-hybridized carbons (Fsp3) is 0.364. The van der Waals surface area contributed by atoms with E-state index in [1.807, 2.05) is 25.2 Å². The molecule has 14 heavy (non-hydrogen) atoms. The van der Waals surface area contributed by atoms with Crippen molar-refractivity contribution in [2.24, 2.45) is 0 Å². The van der Waals surface area contributed by atoms with Crippen molar-refractivity contribution in [1.82, 2.24) is 5.32 Å². The predicted octanol–water partition coefficient (Wildman–Crippen LogP) is 1.18. The lowest BCUT2D eigenvalue weighted by Crippen LogP contribution is -2.31. The van der Waals surface area contributed by atoms with Gasteiger partial charge in [0.2, 0.25) is 0 Å². The standard InChI is InChI=1S/C11H15NOS/c1-12-11-8-14(2,13)7-9-5-3-4-6-10(9)11/h3-6,11-12H,2,7-8H2,1H3/t11-,14?/m1/s1. The quantitative estimate of drug-likeness (QED) is 0.704. The van der Waals surface area contributed by atoms with Gasteiger partial charge in [-0.05, 0) is 33.6 Å². The summed E-state index contributed by atoms with van der Waals surface area (Å²) in [6, 6.07) is 8.37. The first-order valence-corrected chi connectivity index (χ1v) is 6.76. The fourth-order valence-electron chi connectivity index (χ4n) is 1.98. The first kappa shape index (κ1) is 9.74. The van der Waals surface area contributed by atoms with Crippen LogP contribution < -0.4 is 5.32 Å². The molecule has 1 N–H and O–H groups in total. The highest BCUT2D eigenvalue weighted by Crippen LogP contribution is 2.27. The first-order valence-electron chi connectivity index (χ1n) is 4.70. The zero-order valence-electron chi connectivity index (χ0n) is 8.32. The monoisotopic (exact) mass is 209 g/mol. The molecular weight excluding hydrogens is 194 g/mol.